The third kappa shape index (κ3) is 2.96. The van der Waals surface area contributed by atoms with Crippen LogP contribution in [0.2, 0.25) is 0 Å². The van der Waals surface area contributed by atoms with E-state index in [4.69, 9.17) is 0 Å². The lowest BCUT2D eigenvalue weighted by Crippen LogP contribution is -2.03. The van der Waals surface area contributed by atoms with Crippen LogP contribution in [0.5, 0.6) is 5.75 Å². The summed E-state index contributed by atoms with van der Waals surface area (Å²) in [6.07, 6.45) is 6.62. The standard InChI is InChI=1S/C15H20N2O2/c1-2-3-6-12(14-8-16-10-17-14)13-7-4-5-11(9-18)15(13)19/h4-5,7-8,10,12,18-19H,2-3,6,9H2,1H3,(H,16,17). The van der Waals surface area contributed by atoms with Crippen LogP contribution in [-0.2, 0) is 6.61 Å². The SMILES string of the molecule is CCCCC(c1c[nH]cn1)c1cccc(CO)c1O. The highest BCUT2D eigenvalue weighted by Gasteiger charge is 2.20. The highest BCUT2D eigenvalue weighted by atomic mass is 16.3. The molecule has 0 saturated carbocycles. The van der Waals surface area contributed by atoms with Crippen LogP contribution in [0.4, 0.5) is 0 Å². The second-order valence-corrected chi connectivity index (χ2v) is 4.70. The molecule has 1 atom stereocenters. The molecule has 3 N–H and O–H groups in total. The minimum absolute atomic E-state index is 0.0673. The van der Waals surface area contributed by atoms with E-state index in [1.807, 2.05) is 18.3 Å². The van der Waals surface area contributed by atoms with Crippen molar-refractivity contribution in [3.05, 3.63) is 47.5 Å². The molecule has 2 rings (SSSR count). The summed E-state index contributed by atoms with van der Waals surface area (Å²) in [5.74, 6) is 0.256. The van der Waals surface area contributed by atoms with Gasteiger partial charge in [0.25, 0.3) is 0 Å². The number of aliphatic hydroxyl groups excluding tert-OH is 1. The zero-order valence-corrected chi connectivity index (χ0v) is 11.1. The zero-order valence-electron chi connectivity index (χ0n) is 11.1. The first-order valence-corrected chi connectivity index (χ1v) is 6.68. The topological polar surface area (TPSA) is 69.1 Å². The third-order valence-corrected chi connectivity index (χ3v) is 3.42. The summed E-state index contributed by atoms with van der Waals surface area (Å²) >= 11 is 0. The first kappa shape index (κ1) is 13.6. The van der Waals surface area contributed by atoms with E-state index in [-0.39, 0.29) is 18.3 Å². The lowest BCUT2D eigenvalue weighted by atomic mass is 9.89. The Hall–Kier alpha value is -1.81. The maximum atomic E-state index is 10.3. The van der Waals surface area contributed by atoms with Gasteiger partial charge in [0.2, 0.25) is 0 Å². The van der Waals surface area contributed by atoms with E-state index in [1.54, 1.807) is 12.4 Å². The van der Waals surface area contributed by atoms with Crippen molar-refractivity contribution >= 4 is 0 Å². The van der Waals surface area contributed by atoms with Crippen LogP contribution >= 0.6 is 0 Å². The Labute approximate surface area is 113 Å². The van der Waals surface area contributed by atoms with Gasteiger partial charge in [-0.25, -0.2) is 4.98 Å². The van der Waals surface area contributed by atoms with E-state index in [1.165, 1.54) is 0 Å². The van der Waals surface area contributed by atoms with E-state index < -0.39 is 0 Å². The van der Waals surface area contributed by atoms with Crippen molar-refractivity contribution in [1.29, 1.82) is 0 Å². The van der Waals surface area contributed by atoms with Crippen molar-refractivity contribution in [2.75, 3.05) is 0 Å². The molecular formula is C15H20N2O2. The van der Waals surface area contributed by atoms with Gasteiger partial charge >= 0.3 is 0 Å². The average molecular weight is 260 g/mol. The first-order chi connectivity index (χ1) is 9.27. The molecule has 0 aliphatic carbocycles. The zero-order chi connectivity index (χ0) is 13.7. The smallest absolute Gasteiger partial charge is 0.124 e. The Morgan fingerprint density at radius 3 is 2.84 bits per heavy atom. The summed E-state index contributed by atoms with van der Waals surface area (Å²) in [5.41, 5.74) is 2.33. The molecule has 102 valence electrons. The molecule has 1 heterocycles. The van der Waals surface area contributed by atoms with Crippen molar-refractivity contribution in [2.24, 2.45) is 0 Å². The van der Waals surface area contributed by atoms with Gasteiger partial charge in [-0.3, -0.25) is 0 Å². The molecule has 0 bridgehead atoms. The number of para-hydroxylation sites is 1. The van der Waals surface area contributed by atoms with Gasteiger partial charge < -0.3 is 15.2 Å². The number of nitrogens with one attached hydrogen (secondary N) is 1. The molecule has 0 amide bonds. The molecule has 0 aliphatic heterocycles. The van der Waals surface area contributed by atoms with E-state index >= 15 is 0 Å². The van der Waals surface area contributed by atoms with Crippen LogP contribution in [0.3, 0.4) is 0 Å². The van der Waals surface area contributed by atoms with Gasteiger partial charge in [-0.15, -0.1) is 0 Å². The van der Waals surface area contributed by atoms with E-state index in [0.29, 0.717) is 5.56 Å². The molecule has 1 aromatic heterocycles. The van der Waals surface area contributed by atoms with E-state index in [2.05, 4.69) is 16.9 Å². The summed E-state index contributed by atoms with van der Waals surface area (Å²) in [6.45, 7) is 1.99. The third-order valence-electron chi connectivity index (χ3n) is 3.42. The van der Waals surface area contributed by atoms with Crippen molar-refractivity contribution in [2.45, 2.75) is 38.7 Å². The van der Waals surface area contributed by atoms with Crippen molar-refractivity contribution < 1.29 is 10.2 Å². The molecule has 1 unspecified atom stereocenters. The number of unbranched alkanes of at least 4 members (excludes halogenated alkanes) is 1. The van der Waals surface area contributed by atoms with E-state index in [0.717, 1.165) is 30.5 Å². The molecule has 1 aromatic carbocycles. The molecule has 4 heteroatoms. The number of aliphatic hydroxyl groups is 1. The molecule has 0 radical (unpaired) electrons. The van der Waals surface area contributed by atoms with E-state index in [9.17, 15) is 10.2 Å². The number of nitrogens with zero attached hydrogens (tertiary/aromatic N) is 1. The number of aromatic hydroxyl groups is 1. The van der Waals surface area contributed by atoms with Gasteiger partial charge in [-0.1, -0.05) is 38.0 Å². The molecule has 0 spiro atoms. The average Bonchev–Trinajstić information content (AvgIpc) is 2.95. The minimum atomic E-state index is -0.152. The lowest BCUT2D eigenvalue weighted by Gasteiger charge is -2.17. The molecular weight excluding hydrogens is 240 g/mol. The number of rotatable bonds is 6. The van der Waals surface area contributed by atoms with Gasteiger partial charge in [-0.2, -0.15) is 0 Å². The van der Waals surface area contributed by atoms with Gasteiger partial charge in [0, 0.05) is 23.2 Å². The number of imidazole rings is 1. The van der Waals surface area contributed by atoms with Crippen LogP contribution in [0.25, 0.3) is 0 Å². The summed E-state index contributed by atoms with van der Waals surface area (Å²) in [5, 5.41) is 19.5. The van der Waals surface area contributed by atoms with Crippen molar-refractivity contribution in [1.82, 2.24) is 9.97 Å². The van der Waals surface area contributed by atoms with Crippen LogP contribution < -0.4 is 0 Å². The fourth-order valence-corrected chi connectivity index (χ4v) is 2.35. The maximum Gasteiger partial charge on any atom is 0.124 e. The fourth-order valence-electron chi connectivity index (χ4n) is 2.35. The number of aromatic amines is 1. The molecule has 0 fully saturated rings. The first-order valence-electron chi connectivity index (χ1n) is 6.68. The highest BCUT2D eigenvalue weighted by molar-refractivity contribution is 5.44. The van der Waals surface area contributed by atoms with Crippen LogP contribution in [-0.4, -0.2) is 20.2 Å². The second-order valence-electron chi connectivity index (χ2n) is 4.70. The Morgan fingerprint density at radius 1 is 1.37 bits per heavy atom. The second kappa shape index (κ2) is 6.38. The number of benzene rings is 1. The van der Waals surface area contributed by atoms with Crippen molar-refractivity contribution in [3.8, 4) is 5.75 Å². The number of aromatic nitrogens is 2. The molecule has 0 aliphatic rings. The molecule has 0 saturated heterocycles. The lowest BCUT2D eigenvalue weighted by molar-refractivity contribution is 0.275. The number of hydrogen-bond donors (Lipinski definition) is 3. The quantitative estimate of drug-likeness (QED) is 0.748. The summed E-state index contributed by atoms with van der Waals surface area (Å²) in [6, 6.07) is 5.51. The maximum absolute atomic E-state index is 10.3. The fraction of sp³-hybridized carbons (Fsp3) is 0.400. The normalized spacial score (nSPS) is 12.5. The Balaban J connectivity index is 2.38. The van der Waals surface area contributed by atoms with Crippen LogP contribution in [0.1, 0.15) is 48.9 Å². The monoisotopic (exact) mass is 260 g/mol. The Bertz CT molecular complexity index is 509. The van der Waals surface area contributed by atoms with Gasteiger partial charge in [0.15, 0.2) is 0 Å². The molecule has 19 heavy (non-hydrogen) atoms. The summed E-state index contributed by atoms with van der Waals surface area (Å²) in [4.78, 5) is 7.28. The highest BCUT2D eigenvalue weighted by Crippen LogP contribution is 2.35. The Kier molecular flexibility index (Phi) is 4.58. The number of phenols is 1. The summed E-state index contributed by atoms with van der Waals surface area (Å²) in [7, 11) is 0. The number of H-pyrrole nitrogens is 1. The Morgan fingerprint density at radius 2 is 2.21 bits per heavy atom. The predicted molar refractivity (Wildman–Crippen MR) is 74.0 cm³/mol. The molecule has 2 aromatic rings. The predicted octanol–water partition coefficient (Wildman–Crippen LogP) is 2.93. The minimum Gasteiger partial charge on any atom is -0.507 e. The van der Waals surface area contributed by atoms with Gasteiger partial charge in [0.1, 0.15) is 5.75 Å². The largest absolute Gasteiger partial charge is 0.507 e. The summed E-state index contributed by atoms with van der Waals surface area (Å²) < 4.78 is 0. The molecule has 4 nitrogen and oxygen atoms in total. The number of hydrogen-bond acceptors (Lipinski definition) is 3. The van der Waals surface area contributed by atoms with Gasteiger partial charge in [-0.05, 0) is 6.42 Å². The van der Waals surface area contributed by atoms with Gasteiger partial charge in [0.05, 0.1) is 18.6 Å². The van der Waals surface area contributed by atoms with Crippen LogP contribution in [0.15, 0.2) is 30.7 Å². The van der Waals surface area contributed by atoms with Crippen molar-refractivity contribution in [3.63, 3.8) is 0 Å². The van der Waals surface area contributed by atoms with Crippen LogP contribution in [0, 0.1) is 0 Å².